The summed E-state index contributed by atoms with van der Waals surface area (Å²) < 4.78 is 0. The summed E-state index contributed by atoms with van der Waals surface area (Å²) in [5.41, 5.74) is 6.83. The molecule has 0 saturated heterocycles. The Balaban J connectivity index is 2.68. The highest BCUT2D eigenvalue weighted by Crippen LogP contribution is 2.19. The highest BCUT2D eigenvalue weighted by Gasteiger charge is 2.27. The highest BCUT2D eigenvalue weighted by atomic mass is 16.4. The van der Waals surface area contributed by atoms with Crippen LogP contribution in [0.5, 0.6) is 0 Å². The molecule has 0 unspecified atom stereocenters. The number of hydrogen-bond donors (Lipinski definition) is 3. The van der Waals surface area contributed by atoms with Gasteiger partial charge < -0.3 is 16.2 Å². The normalized spacial score (nSPS) is 12.8. The van der Waals surface area contributed by atoms with Gasteiger partial charge in [0.05, 0.1) is 12.5 Å². The molecule has 0 saturated carbocycles. The second-order valence-electron chi connectivity index (χ2n) is 5.60. The molecule has 0 aliphatic carbocycles. The second kappa shape index (κ2) is 5.84. The Hall–Kier alpha value is -1.88. The topological polar surface area (TPSA) is 92.4 Å². The quantitative estimate of drug-likeness (QED) is 0.770. The van der Waals surface area contributed by atoms with E-state index < -0.39 is 12.0 Å². The first-order chi connectivity index (χ1) is 8.70. The average molecular weight is 264 g/mol. The van der Waals surface area contributed by atoms with Crippen molar-refractivity contribution in [1.29, 1.82) is 0 Å². The number of carbonyl (C=O) groups excluding carboxylic acids is 1. The van der Waals surface area contributed by atoms with E-state index in [2.05, 4.69) is 5.32 Å². The molecular weight excluding hydrogens is 244 g/mol. The molecule has 0 aromatic heterocycles. The highest BCUT2D eigenvalue weighted by molar-refractivity contribution is 5.95. The summed E-state index contributed by atoms with van der Waals surface area (Å²) in [7, 11) is 0. The molecule has 0 aliphatic rings. The Kier molecular flexibility index (Phi) is 4.67. The summed E-state index contributed by atoms with van der Waals surface area (Å²) in [6.07, 6.45) is -0.0320. The van der Waals surface area contributed by atoms with Crippen LogP contribution < -0.4 is 11.1 Å². The second-order valence-corrected chi connectivity index (χ2v) is 5.60. The number of nitrogens with two attached hydrogens (primary N) is 1. The molecule has 1 aromatic carbocycles. The van der Waals surface area contributed by atoms with Crippen molar-refractivity contribution in [2.75, 3.05) is 5.32 Å². The number of rotatable bonds is 4. The van der Waals surface area contributed by atoms with E-state index in [-0.39, 0.29) is 17.7 Å². The summed E-state index contributed by atoms with van der Waals surface area (Å²) in [6.45, 7) is 5.69. The fourth-order valence-electron chi connectivity index (χ4n) is 1.49. The molecule has 0 heterocycles. The molecule has 1 amide bonds. The number of benzene rings is 1. The van der Waals surface area contributed by atoms with Gasteiger partial charge in [0, 0.05) is 5.69 Å². The fourth-order valence-corrected chi connectivity index (χ4v) is 1.49. The van der Waals surface area contributed by atoms with Gasteiger partial charge in [-0.15, -0.1) is 0 Å². The van der Waals surface area contributed by atoms with E-state index in [1.165, 1.54) is 0 Å². The van der Waals surface area contributed by atoms with Crippen LogP contribution in [-0.4, -0.2) is 23.0 Å². The molecule has 4 N–H and O–H groups in total. The Bertz CT molecular complexity index is 461. The summed E-state index contributed by atoms with van der Waals surface area (Å²) in [6, 6.07) is 6.08. The molecule has 0 fully saturated rings. The molecule has 0 bridgehead atoms. The van der Waals surface area contributed by atoms with Crippen LogP contribution in [-0.2, 0) is 16.0 Å². The molecule has 5 nitrogen and oxygen atoms in total. The zero-order chi connectivity index (χ0) is 14.6. The van der Waals surface area contributed by atoms with Crippen LogP contribution >= 0.6 is 0 Å². The largest absolute Gasteiger partial charge is 0.481 e. The lowest BCUT2D eigenvalue weighted by Gasteiger charge is -2.25. The molecule has 1 atom stereocenters. The first-order valence-corrected chi connectivity index (χ1v) is 6.07. The molecule has 19 heavy (non-hydrogen) atoms. The summed E-state index contributed by atoms with van der Waals surface area (Å²) in [5.74, 6) is -1.13. The number of carboxylic acid groups (broad SMARTS) is 1. The Morgan fingerprint density at radius 3 is 2.21 bits per heavy atom. The van der Waals surface area contributed by atoms with Crippen molar-refractivity contribution in [3.05, 3.63) is 29.8 Å². The standard InChI is InChI=1S/C14H20N2O3/c1-14(2,3)12(15)13(19)16-10-6-4-9(5-7-10)8-11(17)18/h4-7,12H,8,15H2,1-3H3,(H,16,19)(H,17,18)/t12-/m0/s1. The van der Waals surface area contributed by atoms with Gasteiger partial charge in [0.15, 0.2) is 0 Å². The SMILES string of the molecule is CC(C)(C)[C@@H](N)C(=O)Nc1ccc(CC(=O)O)cc1. The van der Waals surface area contributed by atoms with E-state index >= 15 is 0 Å². The van der Waals surface area contributed by atoms with Crippen LogP contribution in [0.15, 0.2) is 24.3 Å². The van der Waals surface area contributed by atoms with Crippen LogP contribution in [0.25, 0.3) is 0 Å². The third-order valence-electron chi connectivity index (χ3n) is 2.79. The monoisotopic (exact) mass is 264 g/mol. The lowest BCUT2D eigenvalue weighted by Crippen LogP contribution is -2.45. The smallest absolute Gasteiger partial charge is 0.307 e. The van der Waals surface area contributed by atoms with Crippen molar-refractivity contribution >= 4 is 17.6 Å². The summed E-state index contributed by atoms with van der Waals surface area (Å²) >= 11 is 0. The minimum Gasteiger partial charge on any atom is -0.481 e. The van der Waals surface area contributed by atoms with Gasteiger partial charge in [-0.25, -0.2) is 0 Å². The van der Waals surface area contributed by atoms with Gasteiger partial charge in [0.25, 0.3) is 0 Å². The third-order valence-corrected chi connectivity index (χ3v) is 2.79. The van der Waals surface area contributed by atoms with Crippen LogP contribution in [0.3, 0.4) is 0 Å². The van der Waals surface area contributed by atoms with E-state index in [1.54, 1.807) is 24.3 Å². The molecule has 5 heteroatoms. The molecule has 1 rings (SSSR count). The summed E-state index contributed by atoms with van der Waals surface area (Å²) in [5, 5.41) is 11.4. The predicted octanol–water partition coefficient (Wildman–Crippen LogP) is 1.63. The lowest BCUT2D eigenvalue weighted by atomic mass is 9.87. The van der Waals surface area contributed by atoms with Crippen molar-refractivity contribution in [2.24, 2.45) is 11.1 Å². The van der Waals surface area contributed by atoms with E-state index in [0.29, 0.717) is 11.3 Å². The zero-order valence-corrected chi connectivity index (χ0v) is 11.4. The molecule has 0 radical (unpaired) electrons. The molecule has 0 aliphatic heterocycles. The van der Waals surface area contributed by atoms with E-state index in [9.17, 15) is 9.59 Å². The minimum absolute atomic E-state index is 0.0320. The van der Waals surface area contributed by atoms with Gasteiger partial charge in [-0.05, 0) is 23.1 Å². The van der Waals surface area contributed by atoms with Gasteiger partial charge in [0.1, 0.15) is 0 Å². The van der Waals surface area contributed by atoms with Crippen molar-refractivity contribution < 1.29 is 14.7 Å². The van der Waals surface area contributed by atoms with Crippen LogP contribution in [0, 0.1) is 5.41 Å². The maximum Gasteiger partial charge on any atom is 0.307 e. The van der Waals surface area contributed by atoms with Crippen LogP contribution in [0.2, 0.25) is 0 Å². The van der Waals surface area contributed by atoms with Crippen molar-refractivity contribution in [1.82, 2.24) is 0 Å². The zero-order valence-electron chi connectivity index (χ0n) is 11.4. The van der Waals surface area contributed by atoms with Crippen molar-refractivity contribution in [3.63, 3.8) is 0 Å². The number of nitrogens with one attached hydrogen (secondary N) is 1. The number of amides is 1. The Labute approximate surface area is 112 Å². The minimum atomic E-state index is -0.883. The predicted molar refractivity (Wildman–Crippen MR) is 73.8 cm³/mol. The van der Waals surface area contributed by atoms with E-state index in [4.69, 9.17) is 10.8 Å². The number of carboxylic acids is 1. The molecular formula is C14H20N2O3. The van der Waals surface area contributed by atoms with Crippen LogP contribution in [0.4, 0.5) is 5.69 Å². The Morgan fingerprint density at radius 1 is 1.26 bits per heavy atom. The molecule has 0 spiro atoms. The maximum atomic E-state index is 11.9. The van der Waals surface area contributed by atoms with Crippen LogP contribution in [0.1, 0.15) is 26.3 Å². The average Bonchev–Trinajstić information content (AvgIpc) is 2.28. The summed E-state index contributed by atoms with van der Waals surface area (Å²) in [4.78, 5) is 22.4. The number of aliphatic carboxylic acids is 1. The first kappa shape index (κ1) is 15.2. The van der Waals surface area contributed by atoms with E-state index in [0.717, 1.165) is 0 Å². The van der Waals surface area contributed by atoms with Crippen molar-refractivity contribution in [2.45, 2.75) is 33.2 Å². The molecule has 104 valence electrons. The first-order valence-electron chi connectivity index (χ1n) is 6.07. The molecule has 1 aromatic rings. The number of anilines is 1. The third kappa shape index (κ3) is 4.71. The number of hydrogen-bond acceptors (Lipinski definition) is 3. The van der Waals surface area contributed by atoms with Gasteiger partial charge in [-0.2, -0.15) is 0 Å². The van der Waals surface area contributed by atoms with Gasteiger partial charge >= 0.3 is 5.97 Å². The van der Waals surface area contributed by atoms with Gasteiger partial charge in [-0.1, -0.05) is 32.9 Å². The van der Waals surface area contributed by atoms with Gasteiger partial charge in [-0.3, -0.25) is 9.59 Å². The maximum absolute atomic E-state index is 11.9. The van der Waals surface area contributed by atoms with Crippen molar-refractivity contribution in [3.8, 4) is 0 Å². The lowest BCUT2D eigenvalue weighted by molar-refractivity contribution is -0.136. The van der Waals surface area contributed by atoms with E-state index in [1.807, 2.05) is 20.8 Å². The Morgan fingerprint density at radius 2 is 1.79 bits per heavy atom. The number of carbonyl (C=O) groups is 2. The van der Waals surface area contributed by atoms with Gasteiger partial charge in [0.2, 0.25) is 5.91 Å². The fraction of sp³-hybridized carbons (Fsp3) is 0.429.